The van der Waals surface area contributed by atoms with E-state index in [1.165, 1.54) is 12.1 Å². The maximum absolute atomic E-state index is 13.5. The number of aliphatic hydroxyl groups is 1. The maximum Gasteiger partial charge on any atom is 0.185 e. The Hall–Kier alpha value is -2.08. The van der Waals surface area contributed by atoms with Crippen molar-refractivity contribution in [3.05, 3.63) is 59.2 Å². The van der Waals surface area contributed by atoms with Gasteiger partial charge in [0, 0.05) is 17.3 Å². The number of hydrogen-bond donors (Lipinski definition) is 2. The number of nitrogens with one attached hydrogen (secondary N) is 1. The quantitative estimate of drug-likeness (QED) is 0.661. The van der Waals surface area contributed by atoms with Gasteiger partial charge in [0.1, 0.15) is 5.69 Å². The Kier molecular flexibility index (Phi) is 3.71. The van der Waals surface area contributed by atoms with Crippen LogP contribution in [0, 0.1) is 23.3 Å². The topological polar surface area (TPSA) is 32.3 Å². The normalized spacial score (nSPS) is 10.6. The molecule has 100 valence electrons. The van der Waals surface area contributed by atoms with Gasteiger partial charge in [0.15, 0.2) is 23.3 Å². The molecule has 0 aliphatic heterocycles. The Morgan fingerprint density at radius 1 is 0.947 bits per heavy atom. The lowest BCUT2D eigenvalue weighted by molar-refractivity contribution is 0.282. The van der Waals surface area contributed by atoms with Crippen molar-refractivity contribution in [1.82, 2.24) is 0 Å². The van der Waals surface area contributed by atoms with E-state index >= 15 is 0 Å². The first-order valence-corrected chi connectivity index (χ1v) is 5.33. The van der Waals surface area contributed by atoms with Gasteiger partial charge < -0.3 is 10.4 Å². The van der Waals surface area contributed by atoms with Gasteiger partial charge in [-0.3, -0.25) is 0 Å². The summed E-state index contributed by atoms with van der Waals surface area (Å²) in [5.41, 5.74) is -0.433. The zero-order valence-electron chi connectivity index (χ0n) is 9.55. The van der Waals surface area contributed by atoms with E-state index in [-0.39, 0.29) is 18.4 Å². The van der Waals surface area contributed by atoms with Gasteiger partial charge in [0.25, 0.3) is 0 Å². The number of anilines is 2. The highest BCUT2D eigenvalue weighted by Crippen LogP contribution is 2.28. The second kappa shape index (κ2) is 5.27. The van der Waals surface area contributed by atoms with E-state index in [1.54, 1.807) is 12.1 Å². The summed E-state index contributed by atoms with van der Waals surface area (Å²) in [5.74, 6) is -6.04. The molecule has 2 nitrogen and oxygen atoms in total. The molecule has 0 bridgehead atoms. The second-order valence-electron chi connectivity index (χ2n) is 3.78. The highest BCUT2D eigenvalue weighted by molar-refractivity contribution is 5.64. The Morgan fingerprint density at radius 3 is 2.11 bits per heavy atom. The van der Waals surface area contributed by atoms with Gasteiger partial charge in [0.2, 0.25) is 0 Å². The molecule has 0 aliphatic carbocycles. The maximum atomic E-state index is 13.5. The summed E-state index contributed by atoms with van der Waals surface area (Å²) in [5, 5.41) is 11.3. The summed E-state index contributed by atoms with van der Waals surface area (Å²) in [6.07, 6.45) is 0. The van der Waals surface area contributed by atoms with Crippen LogP contribution in [-0.4, -0.2) is 5.11 Å². The molecular weight excluding hydrogens is 262 g/mol. The molecule has 0 saturated heterocycles. The molecule has 2 aromatic carbocycles. The molecule has 0 aliphatic rings. The van der Waals surface area contributed by atoms with E-state index in [1.807, 2.05) is 0 Å². The highest BCUT2D eigenvalue weighted by Gasteiger charge is 2.19. The number of benzene rings is 2. The van der Waals surface area contributed by atoms with Gasteiger partial charge in [-0.05, 0) is 6.07 Å². The molecule has 2 N–H and O–H groups in total. The van der Waals surface area contributed by atoms with Crippen LogP contribution in [0.2, 0.25) is 0 Å². The minimum absolute atomic E-state index is 0.133. The molecule has 2 aromatic rings. The fourth-order valence-electron chi connectivity index (χ4n) is 1.60. The van der Waals surface area contributed by atoms with Crippen molar-refractivity contribution < 1.29 is 22.7 Å². The van der Waals surface area contributed by atoms with E-state index in [9.17, 15) is 17.6 Å². The number of rotatable bonds is 3. The van der Waals surface area contributed by atoms with E-state index < -0.39 is 29.0 Å². The van der Waals surface area contributed by atoms with Gasteiger partial charge in [-0.15, -0.1) is 0 Å². The molecule has 0 spiro atoms. The largest absolute Gasteiger partial charge is 0.392 e. The van der Waals surface area contributed by atoms with Crippen molar-refractivity contribution in [2.24, 2.45) is 0 Å². The van der Waals surface area contributed by atoms with Crippen molar-refractivity contribution in [1.29, 1.82) is 0 Å². The first-order valence-electron chi connectivity index (χ1n) is 5.33. The minimum Gasteiger partial charge on any atom is -0.392 e. The summed E-state index contributed by atoms with van der Waals surface area (Å²) < 4.78 is 53.0. The number of aliphatic hydroxyl groups excluding tert-OH is 1. The third-order valence-electron chi connectivity index (χ3n) is 2.56. The number of halogens is 4. The molecule has 19 heavy (non-hydrogen) atoms. The zero-order valence-corrected chi connectivity index (χ0v) is 9.55. The van der Waals surface area contributed by atoms with Gasteiger partial charge in [0.05, 0.1) is 6.61 Å². The van der Waals surface area contributed by atoms with Gasteiger partial charge in [-0.1, -0.05) is 18.2 Å². The molecule has 0 radical (unpaired) electrons. The third-order valence-corrected chi connectivity index (χ3v) is 2.56. The van der Waals surface area contributed by atoms with Crippen LogP contribution in [0.25, 0.3) is 0 Å². The average Bonchev–Trinajstić information content (AvgIpc) is 2.42. The SMILES string of the molecule is OCc1ccccc1Nc1c(F)c(F)cc(F)c1F. The van der Waals surface area contributed by atoms with Crippen molar-refractivity contribution in [2.75, 3.05) is 5.32 Å². The molecule has 0 aromatic heterocycles. The fraction of sp³-hybridized carbons (Fsp3) is 0.0769. The van der Waals surface area contributed by atoms with Crippen molar-refractivity contribution in [2.45, 2.75) is 6.61 Å². The van der Waals surface area contributed by atoms with Crippen molar-refractivity contribution >= 4 is 11.4 Å². The highest BCUT2D eigenvalue weighted by atomic mass is 19.2. The monoisotopic (exact) mass is 271 g/mol. The molecule has 0 heterocycles. The van der Waals surface area contributed by atoms with E-state index in [4.69, 9.17) is 5.11 Å². The summed E-state index contributed by atoms with van der Waals surface area (Å²) in [6, 6.07) is 6.22. The Morgan fingerprint density at radius 2 is 1.53 bits per heavy atom. The zero-order chi connectivity index (χ0) is 14.0. The first-order chi connectivity index (χ1) is 9.04. The van der Waals surface area contributed by atoms with Gasteiger partial charge >= 0.3 is 0 Å². The predicted molar refractivity (Wildman–Crippen MR) is 61.9 cm³/mol. The van der Waals surface area contributed by atoms with Crippen LogP contribution in [0.15, 0.2) is 30.3 Å². The van der Waals surface area contributed by atoms with Crippen LogP contribution in [0.4, 0.5) is 28.9 Å². The standard InChI is InChI=1S/C13H9F4NO/c14-8-5-9(15)12(17)13(11(8)16)18-10-4-2-1-3-7(10)6-19/h1-5,18-19H,6H2. The smallest absolute Gasteiger partial charge is 0.185 e. The summed E-state index contributed by atoms with van der Waals surface area (Å²) >= 11 is 0. The number of para-hydroxylation sites is 1. The van der Waals surface area contributed by atoms with Crippen LogP contribution in [0.1, 0.15) is 5.56 Å². The van der Waals surface area contributed by atoms with Crippen LogP contribution in [-0.2, 0) is 6.61 Å². The summed E-state index contributed by atoms with van der Waals surface area (Å²) in [7, 11) is 0. The molecule has 0 amide bonds. The molecule has 0 fully saturated rings. The molecular formula is C13H9F4NO. The van der Waals surface area contributed by atoms with E-state index in [0.29, 0.717) is 5.56 Å². The van der Waals surface area contributed by atoms with Crippen molar-refractivity contribution in [3.8, 4) is 0 Å². The third kappa shape index (κ3) is 2.53. The van der Waals surface area contributed by atoms with E-state index in [0.717, 1.165) is 0 Å². The molecule has 0 saturated carbocycles. The molecule has 0 atom stereocenters. The Labute approximate surface area is 106 Å². The molecule has 6 heteroatoms. The lowest BCUT2D eigenvalue weighted by Crippen LogP contribution is -2.04. The van der Waals surface area contributed by atoms with Gasteiger partial charge in [-0.25, -0.2) is 17.6 Å². The van der Waals surface area contributed by atoms with E-state index in [2.05, 4.69) is 5.32 Å². The Balaban J connectivity index is 2.49. The number of hydrogen-bond acceptors (Lipinski definition) is 2. The fourth-order valence-corrected chi connectivity index (χ4v) is 1.60. The second-order valence-corrected chi connectivity index (χ2v) is 3.78. The lowest BCUT2D eigenvalue weighted by atomic mass is 10.1. The summed E-state index contributed by atoms with van der Waals surface area (Å²) in [6.45, 7) is -0.385. The van der Waals surface area contributed by atoms with Crippen LogP contribution in [0.5, 0.6) is 0 Å². The van der Waals surface area contributed by atoms with Crippen LogP contribution in [0.3, 0.4) is 0 Å². The molecule has 2 rings (SSSR count). The van der Waals surface area contributed by atoms with Crippen molar-refractivity contribution in [3.63, 3.8) is 0 Å². The first kappa shape index (κ1) is 13.4. The summed E-state index contributed by atoms with van der Waals surface area (Å²) in [4.78, 5) is 0. The Bertz CT molecular complexity index is 590. The molecule has 0 unspecified atom stereocenters. The van der Waals surface area contributed by atoms with Crippen LogP contribution < -0.4 is 5.32 Å². The predicted octanol–water partition coefficient (Wildman–Crippen LogP) is 3.48. The lowest BCUT2D eigenvalue weighted by Gasteiger charge is -2.12. The minimum atomic E-state index is -1.52. The average molecular weight is 271 g/mol. The van der Waals surface area contributed by atoms with Crippen LogP contribution >= 0.6 is 0 Å². The van der Waals surface area contributed by atoms with Gasteiger partial charge in [-0.2, -0.15) is 0 Å².